The summed E-state index contributed by atoms with van der Waals surface area (Å²) in [5.74, 6) is 1.17. The summed E-state index contributed by atoms with van der Waals surface area (Å²) in [4.78, 5) is 10.5. The van der Waals surface area contributed by atoms with E-state index in [0.717, 1.165) is 18.8 Å². The first kappa shape index (κ1) is 11.9. The Morgan fingerprint density at radius 2 is 2.12 bits per heavy atom. The van der Waals surface area contributed by atoms with Crippen LogP contribution in [-0.4, -0.2) is 20.7 Å². The molecular weight excluding hydrogens is 220 g/mol. The van der Waals surface area contributed by atoms with Crippen LogP contribution < -0.4 is 5.32 Å². The van der Waals surface area contributed by atoms with Crippen LogP contribution >= 0.6 is 0 Å². The molecule has 0 unspecified atom stereocenters. The van der Waals surface area contributed by atoms with Gasteiger partial charge in [-0.15, -0.1) is 5.10 Å². The van der Waals surface area contributed by atoms with Gasteiger partial charge in [-0.1, -0.05) is 6.92 Å². The standard InChI is InChI=1S/C11H18N4O2/c1-8-3-5-9(6-4-8)12-11-10(15(16)17)7-14(2)13-11/h7-9H,3-6H2,1-2H3,(H,12,13). The van der Waals surface area contributed by atoms with Gasteiger partial charge >= 0.3 is 5.69 Å². The molecule has 1 aromatic heterocycles. The van der Waals surface area contributed by atoms with Crippen molar-refractivity contribution < 1.29 is 4.92 Å². The van der Waals surface area contributed by atoms with Crippen LogP contribution in [0.5, 0.6) is 0 Å². The molecule has 0 aliphatic heterocycles. The zero-order valence-electron chi connectivity index (χ0n) is 10.2. The number of aryl methyl sites for hydroxylation is 1. The molecule has 0 spiro atoms. The molecule has 0 atom stereocenters. The summed E-state index contributed by atoms with van der Waals surface area (Å²) in [5, 5.41) is 18.1. The van der Waals surface area contributed by atoms with E-state index in [4.69, 9.17) is 0 Å². The fraction of sp³-hybridized carbons (Fsp3) is 0.727. The Labute approximate surface area is 100 Å². The summed E-state index contributed by atoms with van der Waals surface area (Å²) in [6.45, 7) is 2.25. The Morgan fingerprint density at radius 1 is 1.47 bits per heavy atom. The summed E-state index contributed by atoms with van der Waals surface area (Å²) in [5.41, 5.74) is 0.0612. The first-order valence-electron chi connectivity index (χ1n) is 6.01. The topological polar surface area (TPSA) is 73.0 Å². The summed E-state index contributed by atoms with van der Waals surface area (Å²) in [6.07, 6.45) is 5.92. The highest BCUT2D eigenvalue weighted by atomic mass is 16.6. The Kier molecular flexibility index (Phi) is 3.31. The highest BCUT2D eigenvalue weighted by Gasteiger charge is 2.23. The van der Waals surface area contributed by atoms with Gasteiger partial charge < -0.3 is 5.32 Å². The van der Waals surface area contributed by atoms with Crippen molar-refractivity contribution in [1.29, 1.82) is 0 Å². The fourth-order valence-corrected chi connectivity index (χ4v) is 2.31. The van der Waals surface area contributed by atoms with Crippen molar-refractivity contribution in [2.45, 2.75) is 38.6 Å². The molecule has 2 rings (SSSR count). The normalized spacial score (nSPS) is 24.6. The number of rotatable bonds is 3. The molecule has 1 aliphatic rings. The average Bonchev–Trinajstić information content (AvgIpc) is 2.63. The minimum atomic E-state index is -0.388. The van der Waals surface area contributed by atoms with Gasteiger partial charge in [-0.25, -0.2) is 0 Å². The zero-order valence-corrected chi connectivity index (χ0v) is 10.2. The van der Waals surface area contributed by atoms with Crippen LogP contribution in [0.3, 0.4) is 0 Å². The molecule has 1 fully saturated rings. The van der Waals surface area contributed by atoms with Crippen LogP contribution in [0.2, 0.25) is 0 Å². The van der Waals surface area contributed by atoms with Gasteiger partial charge in [0.2, 0.25) is 5.82 Å². The Bertz CT molecular complexity index is 408. The van der Waals surface area contributed by atoms with Gasteiger partial charge in [-0.3, -0.25) is 14.8 Å². The predicted molar refractivity (Wildman–Crippen MR) is 64.9 cm³/mol. The van der Waals surface area contributed by atoms with Gasteiger partial charge in [-0.2, -0.15) is 0 Å². The molecule has 0 saturated heterocycles. The van der Waals surface area contributed by atoms with Gasteiger partial charge in [-0.05, 0) is 31.6 Å². The molecule has 6 nitrogen and oxygen atoms in total. The van der Waals surface area contributed by atoms with Crippen molar-refractivity contribution in [3.8, 4) is 0 Å². The number of nitro groups is 1. The van der Waals surface area contributed by atoms with E-state index in [9.17, 15) is 10.1 Å². The molecule has 0 amide bonds. The van der Waals surface area contributed by atoms with E-state index in [0.29, 0.717) is 11.9 Å². The van der Waals surface area contributed by atoms with Crippen molar-refractivity contribution in [3.63, 3.8) is 0 Å². The second kappa shape index (κ2) is 4.73. The van der Waals surface area contributed by atoms with E-state index in [-0.39, 0.29) is 10.6 Å². The maximum absolute atomic E-state index is 10.8. The molecule has 0 aromatic carbocycles. The fourth-order valence-electron chi connectivity index (χ4n) is 2.31. The molecule has 6 heteroatoms. The van der Waals surface area contributed by atoms with Crippen LogP contribution in [-0.2, 0) is 7.05 Å². The first-order chi connectivity index (χ1) is 8.06. The Balaban J connectivity index is 2.05. The van der Waals surface area contributed by atoms with Gasteiger partial charge in [0.1, 0.15) is 6.20 Å². The largest absolute Gasteiger partial charge is 0.360 e. The van der Waals surface area contributed by atoms with E-state index in [2.05, 4.69) is 17.3 Å². The quantitative estimate of drug-likeness (QED) is 0.647. The average molecular weight is 238 g/mol. The number of hydrogen-bond acceptors (Lipinski definition) is 4. The molecule has 1 heterocycles. The van der Waals surface area contributed by atoms with Crippen molar-refractivity contribution >= 4 is 11.5 Å². The Hall–Kier alpha value is -1.59. The number of nitrogens with zero attached hydrogens (tertiary/aromatic N) is 3. The summed E-state index contributed by atoms with van der Waals surface area (Å²) in [7, 11) is 1.70. The maximum atomic E-state index is 10.8. The van der Waals surface area contributed by atoms with Gasteiger partial charge in [0, 0.05) is 13.1 Å². The molecule has 1 saturated carbocycles. The third-order valence-electron chi connectivity index (χ3n) is 3.36. The SMILES string of the molecule is CC1CCC(Nc2nn(C)cc2[N+](=O)[O-])CC1. The van der Waals surface area contributed by atoms with Crippen LogP contribution in [0.4, 0.5) is 11.5 Å². The van der Waals surface area contributed by atoms with E-state index in [1.54, 1.807) is 7.05 Å². The van der Waals surface area contributed by atoms with Gasteiger partial charge in [0.25, 0.3) is 0 Å². The maximum Gasteiger partial charge on any atom is 0.330 e. The minimum Gasteiger partial charge on any atom is -0.360 e. The number of nitrogens with one attached hydrogen (secondary N) is 1. The number of aromatic nitrogens is 2. The smallest absolute Gasteiger partial charge is 0.330 e. The van der Waals surface area contributed by atoms with E-state index >= 15 is 0 Å². The highest BCUT2D eigenvalue weighted by Crippen LogP contribution is 2.28. The number of anilines is 1. The second-order valence-corrected chi connectivity index (χ2v) is 4.89. The van der Waals surface area contributed by atoms with Crippen molar-refractivity contribution in [2.24, 2.45) is 13.0 Å². The van der Waals surface area contributed by atoms with Gasteiger partial charge in [0.15, 0.2) is 0 Å². The molecule has 17 heavy (non-hydrogen) atoms. The van der Waals surface area contributed by atoms with Crippen molar-refractivity contribution in [2.75, 3.05) is 5.32 Å². The monoisotopic (exact) mass is 238 g/mol. The van der Waals surface area contributed by atoms with E-state index < -0.39 is 0 Å². The second-order valence-electron chi connectivity index (χ2n) is 4.89. The van der Waals surface area contributed by atoms with Crippen LogP contribution in [0, 0.1) is 16.0 Å². The molecular formula is C11H18N4O2. The summed E-state index contributed by atoms with van der Waals surface area (Å²) in [6, 6.07) is 0.319. The molecule has 1 N–H and O–H groups in total. The molecule has 1 aromatic rings. The lowest BCUT2D eigenvalue weighted by atomic mass is 9.87. The highest BCUT2D eigenvalue weighted by molar-refractivity contribution is 5.55. The van der Waals surface area contributed by atoms with Crippen LogP contribution in [0.25, 0.3) is 0 Å². The van der Waals surface area contributed by atoms with Gasteiger partial charge in [0.05, 0.1) is 4.92 Å². The minimum absolute atomic E-state index is 0.0612. The predicted octanol–water partition coefficient (Wildman–Crippen LogP) is 2.32. The molecule has 94 valence electrons. The van der Waals surface area contributed by atoms with E-state index in [1.165, 1.54) is 23.7 Å². The molecule has 0 bridgehead atoms. The zero-order chi connectivity index (χ0) is 12.4. The van der Waals surface area contributed by atoms with Crippen molar-refractivity contribution in [1.82, 2.24) is 9.78 Å². The van der Waals surface area contributed by atoms with Crippen LogP contribution in [0.1, 0.15) is 32.6 Å². The lowest BCUT2D eigenvalue weighted by Gasteiger charge is -2.26. The van der Waals surface area contributed by atoms with Crippen LogP contribution in [0.15, 0.2) is 6.20 Å². The summed E-state index contributed by atoms with van der Waals surface area (Å²) < 4.78 is 1.48. The third-order valence-corrected chi connectivity index (χ3v) is 3.36. The third kappa shape index (κ3) is 2.75. The molecule has 1 aliphatic carbocycles. The Morgan fingerprint density at radius 3 is 2.71 bits per heavy atom. The lowest BCUT2D eigenvalue weighted by molar-refractivity contribution is -0.384. The first-order valence-corrected chi connectivity index (χ1v) is 6.01. The summed E-state index contributed by atoms with van der Waals surface area (Å²) >= 11 is 0. The lowest BCUT2D eigenvalue weighted by Crippen LogP contribution is -2.25. The van der Waals surface area contributed by atoms with Crippen molar-refractivity contribution in [3.05, 3.63) is 16.3 Å². The molecule has 0 radical (unpaired) electrons. The number of hydrogen-bond donors (Lipinski definition) is 1. The van der Waals surface area contributed by atoms with E-state index in [1.807, 2.05) is 0 Å².